The van der Waals surface area contributed by atoms with E-state index in [1.165, 1.54) is 16.5 Å². The lowest BCUT2D eigenvalue weighted by Gasteiger charge is -2.30. The quantitative estimate of drug-likeness (QED) is 0.811. The van der Waals surface area contributed by atoms with Crippen LogP contribution < -0.4 is 5.32 Å². The van der Waals surface area contributed by atoms with Crippen molar-refractivity contribution in [2.45, 2.75) is 31.8 Å². The van der Waals surface area contributed by atoms with Gasteiger partial charge in [-0.05, 0) is 54.9 Å². The number of fused-ring (bicyclic) bond motifs is 1. The number of aryl methyl sites for hydroxylation is 1. The SMILES string of the molecule is Cc1cccc2[nH]cc(CCNC(=O)C3(O)CCSCC3)c12. The molecule has 1 fully saturated rings. The van der Waals surface area contributed by atoms with Crippen LogP contribution >= 0.6 is 11.8 Å². The third kappa shape index (κ3) is 3.01. The summed E-state index contributed by atoms with van der Waals surface area (Å²) >= 11 is 1.80. The molecule has 1 aromatic heterocycles. The van der Waals surface area contributed by atoms with E-state index in [-0.39, 0.29) is 5.91 Å². The minimum atomic E-state index is -1.17. The van der Waals surface area contributed by atoms with Crippen LogP contribution in [0.1, 0.15) is 24.0 Å². The fourth-order valence-corrected chi connectivity index (χ4v) is 4.23. The van der Waals surface area contributed by atoms with E-state index in [4.69, 9.17) is 0 Å². The highest BCUT2D eigenvalue weighted by Gasteiger charge is 2.36. The number of H-pyrrole nitrogens is 1. The van der Waals surface area contributed by atoms with Gasteiger partial charge in [-0.2, -0.15) is 11.8 Å². The number of hydrogen-bond acceptors (Lipinski definition) is 3. The Morgan fingerprint density at radius 3 is 2.95 bits per heavy atom. The van der Waals surface area contributed by atoms with E-state index in [0.29, 0.717) is 19.4 Å². The molecular formula is C17H22N2O2S. The van der Waals surface area contributed by atoms with Gasteiger partial charge in [-0.15, -0.1) is 0 Å². The molecule has 0 bridgehead atoms. The van der Waals surface area contributed by atoms with Gasteiger partial charge in [0.25, 0.3) is 5.91 Å². The summed E-state index contributed by atoms with van der Waals surface area (Å²) in [5.74, 6) is 1.49. The Kier molecular flexibility index (Phi) is 4.45. The van der Waals surface area contributed by atoms with E-state index < -0.39 is 5.60 Å². The first-order valence-corrected chi connectivity index (χ1v) is 8.90. The van der Waals surface area contributed by atoms with Gasteiger partial charge in [-0.3, -0.25) is 4.79 Å². The zero-order valence-electron chi connectivity index (χ0n) is 12.8. The van der Waals surface area contributed by atoms with Gasteiger partial charge < -0.3 is 15.4 Å². The standard InChI is InChI=1S/C17H22N2O2S/c1-12-3-2-4-14-15(12)13(11-19-14)5-8-18-16(20)17(21)6-9-22-10-7-17/h2-4,11,19,21H,5-10H2,1H3,(H,18,20). The highest BCUT2D eigenvalue weighted by molar-refractivity contribution is 7.99. The number of rotatable bonds is 4. The molecule has 3 rings (SSSR count). The Labute approximate surface area is 134 Å². The molecule has 2 heterocycles. The van der Waals surface area contributed by atoms with Crippen LogP contribution in [0.4, 0.5) is 0 Å². The number of hydrogen-bond donors (Lipinski definition) is 3. The summed E-state index contributed by atoms with van der Waals surface area (Å²) in [6.07, 6.45) is 3.88. The Morgan fingerprint density at radius 2 is 2.18 bits per heavy atom. The summed E-state index contributed by atoms with van der Waals surface area (Å²) in [5.41, 5.74) is 2.41. The van der Waals surface area contributed by atoms with E-state index in [1.807, 2.05) is 12.3 Å². The van der Waals surface area contributed by atoms with Gasteiger partial charge in [-0.25, -0.2) is 0 Å². The number of amides is 1. The number of aliphatic hydroxyl groups is 1. The third-order valence-corrected chi connectivity index (χ3v) is 5.40. The first-order valence-electron chi connectivity index (χ1n) is 7.74. The van der Waals surface area contributed by atoms with E-state index in [9.17, 15) is 9.90 Å². The van der Waals surface area contributed by atoms with Gasteiger partial charge in [0.05, 0.1) is 0 Å². The molecule has 0 saturated carbocycles. The average Bonchev–Trinajstić information content (AvgIpc) is 2.92. The molecule has 0 atom stereocenters. The number of carbonyl (C=O) groups excluding carboxylic acids is 1. The Bertz CT molecular complexity index is 674. The lowest BCUT2D eigenvalue weighted by Crippen LogP contribution is -2.49. The fraction of sp³-hybridized carbons (Fsp3) is 0.471. The van der Waals surface area contributed by atoms with Crippen LogP contribution in [0.5, 0.6) is 0 Å². The molecule has 0 unspecified atom stereocenters. The topological polar surface area (TPSA) is 65.1 Å². The summed E-state index contributed by atoms with van der Waals surface area (Å²) in [7, 11) is 0. The number of benzene rings is 1. The smallest absolute Gasteiger partial charge is 0.252 e. The number of aromatic amines is 1. The number of aromatic nitrogens is 1. The van der Waals surface area contributed by atoms with Crippen molar-refractivity contribution in [3.8, 4) is 0 Å². The van der Waals surface area contributed by atoms with Gasteiger partial charge >= 0.3 is 0 Å². The van der Waals surface area contributed by atoms with Gasteiger partial charge in [0, 0.05) is 23.6 Å². The molecule has 3 N–H and O–H groups in total. The second-order valence-electron chi connectivity index (χ2n) is 5.96. The van der Waals surface area contributed by atoms with Crippen molar-refractivity contribution in [2.75, 3.05) is 18.1 Å². The van der Waals surface area contributed by atoms with Gasteiger partial charge in [0.2, 0.25) is 0 Å². The van der Waals surface area contributed by atoms with E-state index >= 15 is 0 Å². The zero-order valence-corrected chi connectivity index (χ0v) is 13.6. The maximum absolute atomic E-state index is 12.2. The lowest BCUT2D eigenvalue weighted by atomic mass is 9.95. The highest BCUT2D eigenvalue weighted by atomic mass is 32.2. The van der Waals surface area contributed by atoms with E-state index in [1.54, 1.807) is 11.8 Å². The summed E-state index contributed by atoms with van der Waals surface area (Å²) in [6, 6.07) is 6.20. The van der Waals surface area contributed by atoms with Crippen LogP contribution in [0.15, 0.2) is 24.4 Å². The first kappa shape index (κ1) is 15.4. The molecule has 22 heavy (non-hydrogen) atoms. The predicted molar refractivity (Wildman–Crippen MR) is 91.3 cm³/mol. The first-order chi connectivity index (χ1) is 10.6. The number of carbonyl (C=O) groups is 1. The molecule has 1 saturated heterocycles. The van der Waals surface area contributed by atoms with Crippen molar-refractivity contribution >= 4 is 28.6 Å². The Balaban J connectivity index is 1.61. The molecule has 1 aromatic carbocycles. The van der Waals surface area contributed by atoms with Crippen molar-refractivity contribution in [1.29, 1.82) is 0 Å². The number of thioether (sulfide) groups is 1. The second-order valence-corrected chi connectivity index (χ2v) is 7.19. The molecule has 4 nitrogen and oxygen atoms in total. The van der Waals surface area contributed by atoms with Gasteiger partial charge in [0.1, 0.15) is 5.60 Å². The minimum Gasteiger partial charge on any atom is -0.380 e. The van der Waals surface area contributed by atoms with Crippen LogP contribution in [-0.2, 0) is 11.2 Å². The fourth-order valence-electron chi connectivity index (χ4n) is 3.06. The second kappa shape index (κ2) is 6.34. The van der Waals surface area contributed by atoms with Crippen LogP contribution in [0.2, 0.25) is 0 Å². The van der Waals surface area contributed by atoms with Crippen LogP contribution in [0.25, 0.3) is 10.9 Å². The predicted octanol–water partition coefficient (Wildman–Crippen LogP) is 2.39. The molecule has 0 spiro atoms. The van der Waals surface area contributed by atoms with Crippen molar-refractivity contribution in [3.05, 3.63) is 35.5 Å². The summed E-state index contributed by atoms with van der Waals surface area (Å²) in [4.78, 5) is 15.5. The molecule has 118 valence electrons. The highest BCUT2D eigenvalue weighted by Crippen LogP contribution is 2.27. The Hall–Kier alpha value is -1.46. The molecular weight excluding hydrogens is 296 g/mol. The molecule has 2 aromatic rings. The van der Waals surface area contributed by atoms with Crippen molar-refractivity contribution in [2.24, 2.45) is 0 Å². The van der Waals surface area contributed by atoms with Crippen LogP contribution in [-0.4, -0.2) is 39.6 Å². The lowest BCUT2D eigenvalue weighted by molar-refractivity contribution is -0.140. The monoisotopic (exact) mass is 318 g/mol. The van der Waals surface area contributed by atoms with Gasteiger partial charge in [0.15, 0.2) is 0 Å². The average molecular weight is 318 g/mol. The largest absolute Gasteiger partial charge is 0.380 e. The van der Waals surface area contributed by atoms with E-state index in [2.05, 4.69) is 29.4 Å². The van der Waals surface area contributed by atoms with Crippen LogP contribution in [0, 0.1) is 6.92 Å². The molecule has 1 aliphatic rings. The molecule has 5 heteroatoms. The minimum absolute atomic E-state index is 0.218. The molecule has 0 radical (unpaired) electrons. The summed E-state index contributed by atoms with van der Waals surface area (Å²) < 4.78 is 0. The molecule has 1 aliphatic heterocycles. The van der Waals surface area contributed by atoms with Gasteiger partial charge in [-0.1, -0.05) is 12.1 Å². The maximum atomic E-state index is 12.2. The van der Waals surface area contributed by atoms with Crippen molar-refractivity contribution in [3.63, 3.8) is 0 Å². The summed E-state index contributed by atoms with van der Waals surface area (Å²) in [6.45, 7) is 2.65. The Morgan fingerprint density at radius 1 is 1.41 bits per heavy atom. The normalized spacial score (nSPS) is 17.5. The maximum Gasteiger partial charge on any atom is 0.252 e. The molecule has 1 amide bonds. The van der Waals surface area contributed by atoms with E-state index in [0.717, 1.165) is 23.4 Å². The number of nitrogens with one attached hydrogen (secondary N) is 2. The molecule has 0 aliphatic carbocycles. The summed E-state index contributed by atoms with van der Waals surface area (Å²) in [5, 5.41) is 14.5. The van der Waals surface area contributed by atoms with Crippen molar-refractivity contribution in [1.82, 2.24) is 10.3 Å². The third-order valence-electron chi connectivity index (χ3n) is 4.42. The van der Waals surface area contributed by atoms with Crippen molar-refractivity contribution < 1.29 is 9.90 Å². The zero-order chi connectivity index (χ0) is 15.6. The van der Waals surface area contributed by atoms with Crippen LogP contribution in [0.3, 0.4) is 0 Å².